The molecule has 4 heterocycles. The van der Waals surface area contributed by atoms with Gasteiger partial charge < -0.3 is 0 Å². The van der Waals surface area contributed by atoms with Gasteiger partial charge in [-0.1, -0.05) is 151 Å². The smallest absolute Gasteiger partial charge is 0.0827 e. The van der Waals surface area contributed by atoms with Crippen molar-refractivity contribution in [3.8, 4) is 0 Å². The van der Waals surface area contributed by atoms with E-state index in [4.69, 9.17) is 0 Å². The Morgan fingerprint density at radius 3 is 1.27 bits per heavy atom. The average molecular weight is 879 g/mol. The summed E-state index contributed by atoms with van der Waals surface area (Å²) >= 11 is 0. The van der Waals surface area contributed by atoms with Crippen molar-refractivity contribution < 1.29 is 0 Å². The highest BCUT2D eigenvalue weighted by molar-refractivity contribution is 4.95. The summed E-state index contributed by atoms with van der Waals surface area (Å²) in [5.74, 6) is 5.98. The van der Waals surface area contributed by atoms with E-state index in [2.05, 4.69) is 174 Å². The van der Waals surface area contributed by atoms with Gasteiger partial charge in [0, 0.05) is 38.6 Å². The van der Waals surface area contributed by atoms with E-state index >= 15 is 0 Å². The average Bonchev–Trinajstić information content (AvgIpc) is 4.02. The largest absolute Gasteiger partial charge is 0.252 e. The number of hydrogen-bond donors (Lipinski definition) is 0. The minimum absolute atomic E-state index is 0.634. The molecule has 362 valence electrons. The molecule has 0 amide bonds. The maximum atomic E-state index is 4.18. The lowest BCUT2D eigenvalue weighted by molar-refractivity contribution is 0.466. The van der Waals surface area contributed by atoms with Crippen LogP contribution in [0.5, 0.6) is 0 Å². The standard InChI is InChI=1S/C14H27N3.C13H25N3.2C12H23N3/c1-12(2)7-5-6-10-17-14(11-15-16-17)9-8-13(3)4;1-11(2)6-5-9-16-13(10-14-15-16)8-7-12(3)4;1-10(2)5-6-12-9-15(14-13-12)8-7-11(3)4;1-10(2)6-5-7-12-9-15(14-13-12)8-11(3)4/h11-13H,5-10H2,1-4H3;10-12H,5-9H2,1-4H3;2*9-11H,5-8H2,1-4H3. The van der Waals surface area contributed by atoms with Gasteiger partial charge >= 0.3 is 0 Å². The zero-order valence-electron chi connectivity index (χ0n) is 43.7. The summed E-state index contributed by atoms with van der Waals surface area (Å²) in [6.07, 6.45) is 25.9. The van der Waals surface area contributed by atoms with Crippen LogP contribution in [0.2, 0.25) is 0 Å². The first-order valence-corrected chi connectivity index (χ1v) is 25.4. The Kier molecular flexibility index (Phi) is 31.1. The van der Waals surface area contributed by atoms with Crippen LogP contribution in [0.3, 0.4) is 0 Å². The Labute approximate surface area is 386 Å². The molecule has 0 N–H and O–H groups in total. The summed E-state index contributed by atoms with van der Waals surface area (Å²) in [5.41, 5.74) is 4.85. The van der Waals surface area contributed by atoms with Gasteiger partial charge in [-0.05, 0) is 124 Å². The van der Waals surface area contributed by atoms with Crippen LogP contribution in [0.15, 0.2) is 24.8 Å². The van der Waals surface area contributed by atoms with Crippen molar-refractivity contribution in [2.45, 2.75) is 233 Å². The fraction of sp³-hybridized carbons (Fsp3) is 0.843. The molecule has 0 aromatic carbocycles. The summed E-state index contributed by atoms with van der Waals surface area (Å²) in [7, 11) is 0. The quantitative estimate of drug-likeness (QED) is 0.0543. The highest BCUT2D eigenvalue weighted by Gasteiger charge is 2.08. The monoisotopic (exact) mass is 879 g/mol. The van der Waals surface area contributed by atoms with Crippen LogP contribution in [0.25, 0.3) is 0 Å². The normalized spacial score (nSPS) is 11.6. The Hall–Kier alpha value is -3.44. The number of unbranched alkanes of at least 4 members (excludes halogenated alkanes) is 1. The Morgan fingerprint density at radius 1 is 0.365 bits per heavy atom. The minimum atomic E-state index is 0.634. The van der Waals surface area contributed by atoms with Crippen molar-refractivity contribution in [1.29, 1.82) is 0 Å². The van der Waals surface area contributed by atoms with Crippen molar-refractivity contribution in [2.75, 3.05) is 0 Å². The first-order chi connectivity index (χ1) is 29.8. The molecule has 0 bridgehead atoms. The highest BCUT2D eigenvalue weighted by Crippen LogP contribution is 2.13. The van der Waals surface area contributed by atoms with Gasteiger partial charge in [-0.25, -0.2) is 9.36 Å². The topological polar surface area (TPSA) is 123 Å². The molecule has 63 heavy (non-hydrogen) atoms. The predicted molar refractivity (Wildman–Crippen MR) is 264 cm³/mol. The van der Waals surface area contributed by atoms with Crippen molar-refractivity contribution in [3.63, 3.8) is 0 Å². The van der Waals surface area contributed by atoms with Crippen LogP contribution in [0.1, 0.15) is 204 Å². The second-order valence-electron chi connectivity index (χ2n) is 21.4. The second kappa shape index (κ2) is 34.0. The number of aryl methyl sites for hydroxylation is 7. The fourth-order valence-corrected chi connectivity index (χ4v) is 6.66. The Bertz CT molecular complexity index is 1590. The second-order valence-corrected chi connectivity index (χ2v) is 21.4. The molecule has 4 aromatic heterocycles. The van der Waals surface area contributed by atoms with Crippen molar-refractivity contribution >= 4 is 0 Å². The molecular formula is C51H98N12. The van der Waals surface area contributed by atoms with Gasteiger partial charge in [-0.15, -0.1) is 20.4 Å². The Morgan fingerprint density at radius 2 is 0.778 bits per heavy atom. The molecular weight excluding hydrogens is 781 g/mol. The lowest BCUT2D eigenvalue weighted by Crippen LogP contribution is -2.07. The molecule has 4 aromatic rings. The van der Waals surface area contributed by atoms with Crippen molar-refractivity contribution in [3.05, 3.63) is 47.6 Å². The van der Waals surface area contributed by atoms with E-state index in [9.17, 15) is 0 Å². The molecule has 0 saturated carbocycles. The minimum Gasteiger partial charge on any atom is -0.252 e. The van der Waals surface area contributed by atoms with Crippen LogP contribution in [-0.2, 0) is 51.9 Å². The highest BCUT2D eigenvalue weighted by atomic mass is 15.4. The molecule has 0 aliphatic carbocycles. The van der Waals surface area contributed by atoms with Gasteiger partial charge in [-0.2, -0.15) is 0 Å². The Balaban J connectivity index is 0.000000421. The van der Waals surface area contributed by atoms with E-state index in [-0.39, 0.29) is 0 Å². The molecule has 0 aliphatic rings. The van der Waals surface area contributed by atoms with E-state index in [0.717, 1.165) is 105 Å². The van der Waals surface area contributed by atoms with Crippen LogP contribution in [-0.4, -0.2) is 60.0 Å². The van der Waals surface area contributed by atoms with Crippen LogP contribution < -0.4 is 0 Å². The van der Waals surface area contributed by atoms with E-state index in [1.165, 1.54) is 82.0 Å². The summed E-state index contributed by atoms with van der Waals surface area (Å²) in [4.78, 5) is 0. The SMILES string of the molecule is CC(C)CCCCn1nncc1CCC(C)C.CC(C)CCCc1cn(CC(C)C)nn1.CC(C)CCCn1nncc1CCC(C)C.CC(C)CCc1cn(CCC(C)C)nn1. The van der Waals surface area contributed by atoms with Crippen LogP contribution >= 0.6 is 0 Å². The fourth-order valence-electron chi connectivity index (χ4n) is 6.66. The number of rotatable bonds is 27. The third kappa shape index (κ3) is 31.1. The lowest BCUT2D eigenvalue weighted by Gasteiger charge is -2.08. The number of nitrogens with zero attached hydrogens (tertiary/aromatic N) is 12. The van der Waals surface area contributed by atoms with Gasteiger partial charge in [0.05, 0.1) is 35.2 Å². The predicted octanol–water partition coefficient (Wildman–Crippen LogP) is 12.8. The lowest BCUT2D eigenvalue weighted by atomic mass is 10.1. The molecule has 4 rings (SSSR count). The molecule has 0 unspecified atom stereocenters. The van der Waals surface area contributed by atoms with Gasteiger partial charge in [0.15, 0.2) is 0 Å². The maximum absolute atomic E-state index is 4.18. The van der Waals surface area contributed by atoms with Gasteiger partial charge in [0.1, 0.15) is 0 Å². The number of aromatic nitrogens is 12. The molecule has 0 aliphatic heterocycles. The molecule has 0 radical (unpaired) electrons. The third-order valence-corrected chi connectivity index (χ3v) is 10.8. The maximum Gasteiger partial charge on any atom is 0.0827 e. The van der Waals surface area contributed by atoms with Crippen LogP contribution in [0, 0.1) is 47.3 Å². The molecule has 0 atom stereocenters. The zero-order valence-corrected chi connectivity index (χ0v) is 43.7. The summed E-state index contributed by atoms with van der Waals surface area (Å²) < 4.78 is 8.08. The van der Waals surface area contributed by atoms with E-state index in [1.54, 1.807) is 0 Å². The van der Waals surface area contributed by atoms with Gasteiger partial charge in [0.25, 0.3) is 0 Å². The molecule has 0 fully saturated rings. The van der Waals surface area contributed by atoms with E-state index < -0.39 is 0 Å². The zero-order chi connectivity index (χ0) is 47.2. The molecule has 0 spiro atoms. The van der Waals surface area contributed by atoms with Crippen molar-refractivity contribution in [1.82, 2.24) is 60.0 Å². The van der Waals surface area contributed by atoms with E-state index in [0.29, 0.717) is 5.92 Å². The van der Waals surface area contributed by atoms with Crippen molar-refractivity contribution in [2.24, 2.45) is 47.3 Å². The van der Waals surface area contributed by atoms with Crippen LogP contribution in [0.4, 0.5) is 0 Å². The summed E-state index contributed by atoms with van der Waals surface area (Å²) in [6, 6.07) is 0. The summed E-state index contributed by atoms with van der Waals surface area (Å²) in [6.45, 7) is 40.0. The first-order valence-electron chi connectivity index (χ1n) is 25.4. The molecule has 0 saturated heterocycles. The number of hydrogen-bond acceptors (Lipinski definition) is 8. The van der Waals surface area contributed by atoms with E-state index in [1.807, 2.05) is 21.8 Å². The first kappa shape index (κ1) is 57.6. The molecule has 12 heteroatoms. The van der Waals surface area contributed by atoms with Gasteiger partial charge in [-0.3, -0.25) is 9.36 Å². The molecule has 12 nitrogen and oxygen atoms in total. The van der Waals surface area contributed by atoms with Gasteiger partial charge in [0.2, 0.25) is 0 Å². The third-order valence-electron chi connectivity index (χ3n) is 10.8. The summed E-state index contributed by atoms with van der Waals surface area (Å²) in [5, 5.41) is 33.0.